The van der Waals surface area contributed by atoms with Crippen LogP contribution in [-0.4, -0.2) is 33.4 Å². The number of para-hydroxylation sites is 1. The van der Waals surface area contributed by atoms with Crippen LogP contribution in [0.1, 0.15) is 32.9 Å². The summed E-state index contributed by atoms with van der Waals surface area (Å²) in [5, 5.41) is 5.55. The first-order chi connectivity index (χ1) is 9.66. The number of hydrogen-bond acceptors (Lipinski definition) is 3. The van der Waals surface area contributed by atoms with Gasteiger partial charge < -0.3 is 4.74 Å². The number of carbonyl (C=O) groups is 1. The van der Waals surface area contributed by atoms with E-state index >= 15 is 0 Å². The fourth-order valence-electron chi connectivity index (χ4n) is 2.72. The van der Waals surface area contributed by atoms with E-state index in [2.05, 4.69) is 5.10 Å². The highest BCUT2D eigenvalue weighted by Crippen LogP contribution is 2.30. The number of nitrogens with zero attached hydrogens (tertiary/aromatic N) is 3. The molecule has 1 saturated heterocycles. The first kappa shape index (κ1) is 13.0. The Morgan fingerprint density at radius 1 is 1.40 bits per heavy atom. The van der Waals surface area contributed by atoms with Crippen molar-refractivity contribution in [2.45, 2.75) is 39.0 Å². The standard InChI is InChI=1S/C15H19N3O2/c1-11(2)20-15(19)17-9-5-8-14(17)18-13-7-4-3-6-12(13)10-16-18/h3-4,6-7,10-11,14H,5,8-9H2,1-2H3. The van der Waals surface area contributed by atoms with Crippen LogP contribution in [0.4, 0.5) is 4.79 Å². The SMILES string of the molecule is CC(C)OC(=O)N1CCCC1n1ncc2ccccc21. The van der Waals surface area contributed by atoms with Gasteiger partial charge in [0.25, 0.3) is 0 Å². The summed E-state index contributed by atoms with van der Waals surface area (Å²) in [5.41, 5.74) is 1.06. The molecule has 1 amide bonds. The summed E-state index contributed by atoms with van der Waals surface area (Å²) in [6, 6.07) is 8.05. The third kappa shape index (κ3) is 2.24. The average molecular weight is 273 g/mol. The number of fused-ring (bicyclic) bond motifs is 1. The van der Waals surface area contributed by atoms with Crippen molar-refractivity contribution in [2.24, 2.45) is 0 Å². The van der Waals surface area contributed by atoms with Crippen molar-refractivity contribution in [3.8, 4) is 0 Å². The Kier molecular flexibility index (Phi) is 3.34. The number of hydrogen-bond donors (Lipinski definition) is 0. The molecule has 1 aromatic heterocycles. The van der Waals surface area contributed by atoms with Crippen molar-refractivity contribution in [2.75, 3.05) is 6.54 Å². The quantitative estimate of drug-likeness (QED) is 0.844. The molecule has 0 bridgehead atoms. The minimum absolute atomic E-state index is 0.0406. The Hall–Kier alpha value is -2.04. The molecule has 1 aliphatic heterocycles. The average Bonchev–Trinajstić information content (AvgIpc) is 3.03. The van der Waals surface area contributed by atoms with Crippen molar-refractivity contribution in [1.29, 1.82) is 0 Å². The maximum absolute atomic E-state index is 12.2. The molecule has 106 valence electrons. The first-order valence-corrected chi connectivity index (χ1v) is 7.06. The molecule has 20 heavy (non-hydrogen) atoms. The van der Waals surface area contributed by atoms with E-state index in [1.165, 1.54) is 0 Å². The third-order valence-corrected chi connectivity index (χ3v) is 3.58. The van der Waals surface area contributed by atoms with Crippen LogP contribution in [0.15, 0.2) is 30.5 Å². The molecule has 5 nitrogen and oxygen atoms in total. The molecule has 0 radical (unpaired) electrons. The second-order valence-corrected chi connectivity index (χ2v) is 5.40. The van der Waals surface area contributed by atoms with E-state index in [9.17, 15) is 4.79 Å². The minimum Gasteiger partial charge on any atom is -0.447 e. The van der Waals surface area contributed by atoms with E-state index in [0.29, 0.717) is 0 Å². The van der Waals surface area contributed by atoms with Crippen molar-refractivity contribution >= 4 is 17.0 Å². The first-order valence-electron chi connectivity index (χ1n) is 7.06. The van der Waals surface area contributed by atoms with Crippen LogP contribution in [0.25, 0.3) is 10.9 Å². The zero-order chi connectivity index (χ0) is 14.1. The Balaban J connectivity index is 1.90. The van der Waals surface area contributed by atoms with Crippen LogP contribution in [0.2, 0.25) is 0 Å². The summed E-state index contributed by atoms with van der Waals surface area (Å²) < 4.78 is 7.25. The van der Waals surface area contributed by atoms with Gasteiger partial charge >= 0.3 is 6.09 Å². The van der Waals surface area contributed by atoms with Crippen molar-refractivity contribution in [3.05, 3.63) is 30.5 Å². The summed E-state index contributed by atoms with van der Waals surface area (Å²) in [4.78, 5) is 13.9. The second-order valence-electron chi connectivity index (χ2n) is 5.40. The molecule has 0 aliphatic carbocycles. The number of likely N-dealkylation sites (tertiary alicyclic amines) is 1. The maximum atomic E-state index is 12.2. The molecule has 2 aromatic rings. The summed E-state index contributed by atoms with van der Waals surface area (Å²) in [6.07, 6.45) is 3.35. The highest BCUT2D eigenvalue weighted by molar-refractivity contribution is 5.78. The molecule has 1 aliphatic rings. The Morgan fingerprint density at radius 2 is 2.20 bits per heavy atom. The van der Waals surface area contributed by atoms with Gasteiger partial charge in [-0.05, 0) is 32.8 Å². The van der Waals surface area contributed by atoms with Crippen LogP contribution in [0.5, 0.6) is 0 Å². The fourth-order valence-corrected chi connectivity index (χ4v) is 2.72. The summed E-state index contributed by atoms with van der Waals surface area (Å²) in [6.45, 7) is 4.46. The smallest absolute Gasteiger partial charge is 0.411 e. The molecule has 0 spiro atoms. The topological polar surface area (TPSA) is 47.4 Å². The van der Waals surface area contributed by atoms with Crippen LogP contribution in [-0.2, 0) is 4.74 Å². The second kappa shape index (κ2) is 5.15. The number of carbonyl (C=O) groups excluding carboxylic acids is 1. The van der Waals surface area contributed by atoms with E-state index in [1.807, 2.05) is 49.0 Å². The lowest BCUT2D eigenvalue weighted by molar-refractivity contribution is 0.0618. The fraction of sp³-hybridized carbons (Fsp3) is 0.467. The lowest BCUT2D eigenvalue weighted by atomic mass is 10.2. The van der Waals surface area contributed by atoms with E-state index < -0.39 is 0 Å². The lowest BCUT2D eigenvalue weighted by Gasteiger charge is -2.25. The molecule has 0 N–H and O–H groups in total. The zero-order valence-corrected chi connectivity index (χ0v) is 11.8. The van der Waals surface area contributed by atoms with Crippen LogP contribution >= 0.6 is 0 Å². The minimum atomic E-state index is -0.248. The monoisotopic (exact) mass is 273 g/mol. The Morgan fingerprint density at radius 3 is 3.00 bits per heavy atom. The van der Waals surface area contributed by atoms with Gasteiger partial charge in [0.1, 0.15) is 6.17 Å². The normalized spacial score (nSPS) is 18.9. The summed E-state index contributed by atoms with van der Waals surface area (Å²) in [7, 11) is 0. The van der Waals surface area contributed by atoms with Gasteiger partial charge in [-0.15, -0.1) is 0 Å². The summed E-state index contributed by atoms with van der Waals surface area (Å²) in [5.74, 6) is 0. The zero-order valence-electron chi connectivity index (χ0n) is 11.8. The molecule has 2 heterocycles. The number of amides is 1. The van der Waals surface area contributed by atoms with Gasteiger partial charge in [-0.3, -0.25) is 4.90 Å². The number of benzene rings is 1. The number of aromatic nitrogens is 2. The molecule has 1 fully saturated rings. The number of ether oxygens (including phenoxy) is 1. The van der Waals surface area contributed by atoms with Crippen molar-refractivity contribution < 1.29 is 9.53 Å². The summed E-state index contributed by atoms with van der Waals surface area (Å²) >= 11 is 0. The van der Waals surface area contributed by atoms with Crippen LogP contribution in [0.3, 0.4) is 0 Å². The molecule has 5 heteroatoms. The van der Waals surface area contributed by atoms with Crippen LogP contribution < -0.4 is 0 Å². The highest BCUT2D eigenvalue weighted by Gasteiger charge is 2.32. The Bertz CT molecular complexity index is 620. The van der Waals surface area contributed by atoms with Crippen LogP contribution in [0, 0.1) is 0 Å². The molecular weight excluding hydrogens is 254 g/mol. The molecule has 1 unspecified atom stereocenters. The van der Waals surface area contributed by atoms with Gasteiger partial charge in [0.15, 0.2) is 0 Å². The molecule has 3 rings (SSSR count). The van der Waals surface area contributed by atoms with Gasteiger partial charge in [-0.25, -0.2) is 9.48 Å². The third-order valence-electron chi connectivity index (χ3n) is 3.58. The van der Waals surface area contributed by atoms with Gasteiger partial charge in [-0.2, -0.15) is 5.10 Å². The predicted molar refractivity (Wildman–Crippen MR) is 76.3 cm³/mol. The van der Waals surface area contributed by atoms with Gasteiger partial charge in [0, 0.05) is 11.9 Å². The molecule has 1 aromatic carbocycles. The highest BCUT2D eigenvalue weighted by atomic mass is 16.6. The largest absolute Gasteiger partial charge is 0.447 e. The van der Waals surface area contributed by atoms with Gasteiger partial charge in [-0.1, -0.05) is 18.2 Å². The van der Waals surface area contributed by atoms with E-state index in [0.717, 1.165) is 30.3 Å². The van der Waals surface area contributed by atoms with E-state index in [1.54, 1.807) is 4.90 Å². The predicted octanol–water partition coefficient (Wildman–Crippen LogP) is 3.18. The Labute approximate surface area is 118 Å². The van der Waals surface area contributed by atoms with Crippen molar-refractivity contribution in [3.63, 3.8) is 0 Å². The van der Waals surface area contributed by atoms with E-state index in [4.69, 9.17) is 4.74 Å². The number of rotatable bonds is 2. The molecule has 1 atom stereocenters. The van der Waals surface area contributed by atoms with Gasteiger partial charge in [0.2, 0.25) is 0 Å². The van der Waals surface area contributed by atoms with Crippen molar-refractivity contribution in [1.82, 2.24) is 14.7 Å². The maximum Gasteiger partial charge on any atom is 0.411 e. The molecule has 0 saturated carbocycles. The lowest BCUT2D eigenvalue weighted by Crippen LogP contribution is -2.35. The molecular formula is C15H19N3O2. The van der Waals surface area contributed by atoms with Gasteiger partial charge in [0.05, 0.1) is 17.8 Å². The van der Waals surface area contributed by atoms with E-state index in [-0.39, 0.29) is 18.4 Å².